The highest BCUT2D eigenvalue weighted by Crippen LogP contribution is 2.38. The first-order chi connectivity index (χ1) is 41.0. The predicted molar refractivity (Wildman–Crippen MR) is 366 cm³/mol. The molecule has 0 bridgehead atoms. The van der Waals surface area contributed by atoms with Crippen molar-refractivity contribution in [3.8, 4) is 0 Å². The van der Waals surface area contributed by atoms with Crippen molar-refractivity contribution in [3.05, 3.63) is 109 Å². The minimum absolute atomic E-state index is 0.00879. The zero-order valence-corrected chi connectivity index (χ0v) is 56.5. The Morgan fingerprint density at radius 3 is 1.11 bits per heavy atom. The summed E-state index contributed by atoms with van der Waals surface area (Å²) < 4.78 is 23.4. The zero-order valence-electron chi connectivity index (χ0n) is 55.6. The van der Waals surface area contributed by atoms with E-state index in [9.17, 15) is 19.4 Å². The van der Waals surface area contributed by atoms with E-state index in [0.29, 0.717) is 17.4 Å². The van der Waals surface area contributed by atoms with Crippen molar-refractivity contribution in [1.29, 1.82) is 0 Å². The van der Waals surface area contributed by atoms with Gasteiger partial charge in [0.25, 0.3) is 7.82 Å². The van der Waals surface area contributed by atoms with Gasteiger partial charge in [-0.2, -0.15) is 0 Å². The molecule has 3 unspecified atom stereocenters. The van der Waals surface area contributed by atoms with Crippen LogP contribution in [-0.2, 0) is 18.4 Å². The number of nitrogens with zero attached hydrogens (tertiary/aromatic N) is 1. The zero-order chi connectivity index (χ0) is 61.2. The van der Waals surface area contributed by atoms with Crippen LogP contribution in [0.25, 0.3) is 0 Å². The van der Waals surface area contributed by atoms with Gasteiger partial charge in [0, 0.05) is 6.42 Å². The summed E-state index contributed by atoms with van der Waals surface area (Å²) in [6.07, 6.45) is 95.0. The molecule has 0 fully saturated rings. The van der Waals surface area contributed by atoms with Gasteiger partial charge in [0.05, 0.1) is 39.9 Å². The summed E-state index contributed by atoms with van der Waals surface area (Å²) >= 11 is 0. The molecular weight excluding hydrogens is 1060 g/mol. The van der Waals surface area contributed by atoms with Crippen LogP contribution < -0.4 is 10.2 Å². The summed E-state index contributed by atoms with van der Waals surface area (Å²) in [4.78, 5) is 25.6. The summed E-state index contributed by atoms with van der Waals surface area (Å²) in [5, 5.41) is 13.9. The lowest BCUT2D eigenvalue weighted by atomic mass is 10.0. The number of aliphatic hydroxyl groups excluding tert-OH is 1. The van der Waals surface area contributed by atoms with Crippen LogP contribution >= 0.6 is 7.82 Å². The second-order valence-corrected chi connectivity index (χ2v) is 26.3. The fraction of sp³-hybridized carbons (Fsp3) is 0.747. The number of hydrogen-bond donors (Lipinski definition) is 2. The molecule has 0 rings (SSSR count). The van der Waals surface area contributed by atoms with E-state index in [-0.39, 0.29) is 12.5 Å². The number of carbonyl (C=O) groups excluding carboxylic acids is 1. The van der Waals surface area contributed by atoms with E-state index < -0.39 is 26.6 Å². The highest BCUT2D eigenvalue weighted by atomic mass is 31.2. The molecule has 2 N–H and O–H groups in total. The number of amides is 1. The van der Waals surface area contributed by atoms with Crippen molar-refractivity contribution >= 4 is 13.7 Å². The van der Waals surface area contributed by atoms with Crippen molar-refractivity contribution in [2.24, 2.45) is 0 Å². The highest BCUT2D eigenvalue weighted by Gasteiger charge is 2.23. The fourth-order valence-corrected chi connectivity index (χ4v) is 10.8. The van der Waals surface area contributed by atoms with Crippen molar-refractivity contribution < 1.29 is 32.9 Å². The number of rotatable bonds is 64. The van der Waals surface area contributed by atoms with Gasteiger partial charge >= 0.3 is 0 Å². The number of allylic oxidation sites excluding steroid dienone is 17. The second kappa shape index (κ2) is 64.6. The van der Waals surface area contributed by atoms with Gasteiger partial charge in [-0.05, 0) is 89.9 Å². The molecule has 84 heavy (non-hydrogen) atoms. The number of unbranched alkanes of at least 4 members (excludes halogenated alkanes) is 35. The van der Waals surface area contributed by atoms with Crippen LogP contribution in [0.3, 0.4) is 0 Å². The van der Waals surface area contributed by atoms with E-state index in [2.05, 4.69) is 116 Å². The maximum Gasteiger partial charge on any atom is 0.268 e. The van der Waals surface area contributed by atoms with E-state index >= 15 is 0 Å². The van der Waals surface area contributed by atoms with Crippen LogP contribution in [0.15, 0.2) is 109 Å². The fourth-order valence-electron chi connectivity index (χ4n) is 10.0. The molecule has 0 aromatic carbocycles. The molecule has 0 aliphatic rings. The third kappa shape index (κ3) is 66.7. The monoisotopic (exact) mass is 1190 g/mol. The third-order valence-corrected chi connectivity index (χ3v) is 16.4. The highest BCUT2D eigenvalue weighted by molar-refractivity contribution is 7.45. The minimum Gasteiger partial charge on any atom is -0.756 e. The van der Waals surface area contributed by atoms with Crippen molar-refractivity contribution in [2.75, 3.05) is 40.9 Å². The Morgan fingerprint density at radius 2 is 0.738 bits per heavy atom. The molecule has 0 aliphatic heterocycles. The summed E-state index contributed by atoms with van der Waals surface area (Å²) in [5.74, 6) is -0.206. The SMILES string of the molecule is CC/C=C\C/C=C\C/C=C\C/C=C\C/C=C\C/C=C\C/C=C\CCCCCCCCCCCCCCCCCCCC(=O)NC(COP(=O)([O-])OCC[N+](C)(C)C)C(O)/C=C/CC/C=C/CCCCCCCCCCCCCCCCCCC. The van der Waals surface area contributed by atoms with Crippen molar-refractivity contribution in [1.82, 2.24) is 5.32 Å². The summed E-state index contributed by atoms with van der Waals surface area (Å²) in [7, 11) is 1.24. The molecule has 9 heteroatoms. The van der Waals surface area contributed by atoms with Crippen LogP contribution in [0.4, 0.5) is 0 Å². The number of quaternary nitrogens is 1. The first kappa shape index (κ1) is 81.2. The maximum atomic E-state index is 13.0. The molecular formula is C75H135N2O6P. The number of aliphatic hydroxyl groups is 1. The van der Waals surface area contributed by atoms with Crippen LogP contribution in [0.1, 0.15) is 309 Å². The molecule has 486 valence electrons. The van der Waals surface area contributed by atoms with Gasteiger partial charge in [-0.15, -0.1) is 0 Å². The van der Waals surface area contributed by atoms with Gasteiger partial charge in [0.2, 0.25) is 5.91 Å². The molecule has 0 aromatic rings. The molecule has 3 atom stereocenters. The van der Waals surface area contributed by atoms with Crippen LogP contribution in [0, 0.1) is 0 Å². The molecule has 0 saturated carbocycles. The first-order valence-corrected chi connectivity index (χ1v) is 36.7. The largest absolute Gasteiger partial charge is 0.756 e. The van der Waals surface area contributed by atoms with Gasteiger partial charge in [-0.3, -0.25) is 9.36 Å². The smallest absolute Gasteiger partial charge is 0.268 e. The van der Waals surface area contributed by atoms with Crippen LogP contribution in [0.5, 0.6) is 0 Å². The van der Waals surface area contributed by atoms with Crippen LogP contribution in [-0.4, -0.2) is 68.5 Å². The normalized spacial score (nSPS) is 14.3. The Hall–Kier alpha value is -2.84. The van der Waals surface area contributed by atoms with E-state index in [0.717, 1.165) is 83.5 Å². The number of phosphoric acid groups is 1. The number of phosphoric ester groups is 1. The Labute approximate surface area is 521 Å². The average Bonchev–Trinajstić information content (AvgIpc) is 3.56. The van der Waals surface area contributed by atoms with E-state index in [1.54, 1.807) is 6.08 Å². The number of nitrogens with one attached hydrogen (secondary N) is 1. The molecule has 0 spiro atoms. The Bertz CT molecular complexity index is 1740. The first-order valence-electron chi connectivity index (χ1n) is 35.2. The molecule has 1 amide bonds. The van der Waals surface area contributed by atoms with Crippen molar-refractivity contribution in [3.63, 3.8) is 0 Å². The maximum absolute atomic E-state index is 13.0. The van der Waals surface area contributed by atoms with Gasteiger partial charge < -0.3 is 28.8 Å². The molecule has 0 aromatic heterocycles. The number of carbonyl (C=O) groups is 1. The van der Waals surface area contributed by atoms with Gasteiger partial charge in [-0.25, -0.2) is 0 Å². The Kier molecular flexibility index (Phi) is 62.4. The second-order valence-electron chi connectivity index (χ2n) is 24.8. The summed E-state index contributed by atoms with van der Waals surface area (Å²) in [6.45, 7) is 4.54. The van der Waals surface area contributed by atoms with E-state index in [4.69, 9.17) is 9.05 Å². The summed E-state index contributed by atoms with van der Waals surface area (Å²) in [5.41, 5.74) is 0. The molecule has 0 aliphatic carbocycles. The predicted octanol–water partition coefficient (Wildman–Crippen LogP) is 22.0. The van der Waals surface area contributed by atoms with Gasteiger partial charge in [0.15, 0.2) is 0 Å². The van der Waals surface area contributed by atoms with Gasteiger partial charge in [0.1, 0.15) is 13.2 Å². The minimum atomic E-state index is -4.62. The number of hydrogen-bond acceptors (Lipinski definition) is 6. The Balaban J connectivity index is 4.06. The lowest BCUT2D eigenvalue weighted by molar-refractivity contribution is -0.870. The van der Waals surface area contributed by atoms with E-state index in [1.165, 1.54) is 205 Å². The summed E-state index contributed by atoms with van der Waals surface area (Å²) in [6, 6.07) is -0.909. The van der Waals surface area contributed by atoms with Crippen LogP contribution in [0.2, 0.25) is 0 Å². The quantitative estimate of drug-likeness (QED) is 0.0272. The van der Waals surface area contributed by atoms with Crippen molar-refractivity contribution in [2.45, 2.75) is 321 Å². The lowest BCUT2D eigenvalue weighted by Gasteiger charge is -2.29. The van der Waals surface area contributed by atoms with E-state index in [1.807, 2.05) is 27.2 Å². The molecule has 0 heterocycles. The third-order valence-electron chi connectivity index (χ3n) is 15.5. The number of likely N-dealkylation sites (N-methyl/N-ethyl adjacent to an activating group) is 1. The molecule has 0 saturated heterocycles. The molecule has 8 nitrogen and oxygen atoms in total. The van der Waals surface area contributed by atoms with Gasteiger partial charge in [-0.1, -0.05) is 322 Å². The average molecular weight is 1190 g/mol. The standard InChI is InChI=1S/C75H135N2O6P/c1-6-8-10-12-14-16-18-20-22-24-26-28-30-31-32-33-34-35-36-37-38-39-40-41-42-43-44-45-47-49-51-53-55-57-59-61-63-65-67-69-75(79)76-73(72-83-84(80,81)82-71-70-77(3,4)5)74(78)68-66-64-62-60-58-56-54-52-50-48-46-29-27-25-23-21-19-17-15-13-11-9-7-2/h8,10,14,16,20,22,26,28,31-32,34-35,37-38,58,60,66,68,73-74,78H,6-7,9,11-13,15,17-19,21,23-25,27,29-30,33,36,39-57,59,61-65,67,69-72H2,1-5H3,(H-,76,79,80,81)/b10-8-,16-14-,22-20-,28-26-,32-31-,35-34-,38-37-,60-58+,68-66+. The Morgan fingerprint density at radius 1 is 0.429 bits per heavy atom. The lowest BCUT2D eigenvalue weighted by Crippen LogP contribution is -2.45. The molecule has 0 radical (unpaired) electrons. The topological polar surface area (TPSA) is 108 Å².